The van der Waals surface area contributed by atoms with Crippen LogP contribution in [0.3, 0.4) is 0 Å². The lowest BCUT2D eigenvalue weighted by Crippen LogP contribution is -2.47. The second-order valence-electron chi connectivity index (χ2n) is 9.15. The molecule has 0 aromatic heterocycles. The molecule has 0 saturated heterocycles. The normalized spacial score (nSPS) is 26.1. The fourth-order valence-electron chi connectivity index (χ4n) is 5.24. The van der Waals surface area contributed by atoms with Crippen LogP contribution in [0.1, 0.15) is 84.5 Å². The van der Waals surface area contributed by atoms with Crippen LogP contribution in [0.5, 0.6) is 0 Å². The van der Waals surface area contributed by atoms with Gasteiger partial charge < -0.3 is 15.7 Å². The number of carboxylic acids is 1. The number of amides is 2. The number of allylic oxidation sites excluding steroid dienone is 2. The summed E-state index contributed by atoms with van der Waals surface area (Å²) in [6, 6.07) is -0.495. The molecular formula is C24H40N2O4. The Morgan fingerprint density at radius 2 is 1.77 bits per heavy atom. The lowest BCUT2D eigenvalue weighted by molar-refractivity contribution is -0.137. The lowest BCUT2D eigenvalue weighted by atomic mass is 9.77. The third-order valence-electron chi connectivity index (χ3n) is 6.90. The number of hydrogen-bond acceptors (Lipinski definition) is 3. The summed E-state index contributed by atoms with van der Waals surface area (Å²) in [4.78, 5) is 35.0. The highest BCUT2D eigenvalue weighted by Gasteiger charge is 2.46. The molecule has 0 spiro atoms. The zero-order valence-electron chi connectivity index (χ0n) is 18.7. The molecule has 2 aliphatic rings. The summed E-state index contributed by atoms with van der Waals surface area (Å²) in [5, 5.41) is 14.6. The molecule has 0 radical (unpaired) electrons. The van der Waals surface area contributed by atoms with E-state index in [1.165, 1.54) is 19.3 Å². The summed E-state index contributed by atoms with van der Waals surface area (Å²) in [7, 11) is 0. The van der Waals surface area contributed by atoms with Crippen LogP contribution >= 0.6 is 0 Å². The first-order chi connectivity index (χ1) is 14.4. The molecule has 6 heteroatoms. The maximum atomic E-state index is 12.5. The van der Waals surface area contributed by atoms with Crippen molar-refractivity contribution in [2.24, 2.45) is 23.7 Å². The van der Waals surface area contributed by atoms with Crippen LogP contribution in [-0.2, 0) is 14.4 Å². The molecule has 3 N–H and O–H groups in total. The molecule has 6 nitrogen and oxygen atoms in total. The highest BCUT2D eigenvalue weighted by atomic mass is 16.4. The van der Waals surface area contributed by atoms with Gasteiger partial charge in [-0.05, 0) is 75.5 Å². The highest BCUT2D eigenvalue weighted by Crippen LogP contribution is 2.53. The van der Waals surface area contributed by atoms with Gasteiger partial charge in [0, 0.05) is 19.4 Å². The molecule has 2 rings (SSSR count). The van der Waals surface area contributed by atoms with Crippen LogP contribution in [0.25, 0.3) is 0 Å². The molecule has 30 heavy (non-hydrogen) atoms. The molecule has 5 atom stereocenters. The summed E-state index contributed by atoms with van der Waals surface area (Å²) in [5.41, 5.74) is 0. The second-order valence-corrected chi connectivity index (χ2v) is 9.15. The molecule has 0 aromatic rings. The Balaban J connectivity index is 1.74. The maximum Gasteiger partial charge on any atom is 0.303 e. The Morgan fingerprint density at radius 3 is 2.47 bits per heavy atom. The van der Waals surface area contributed by atoms with Gasteiger partial charge in [-0.1, -0.05) is 31.9 Å². The van der Waals surface area contributed by atoms with Gasteiger partial charge in [0.05, 0.1) is 0 Å². The van der Waals surface area contributed by atoms with Gasteiger partial charge >= 0.3 is 5.97 Å². The van der Waals surface area contributed by atoms with Crippen LogP contribution < -0.4 is 10.6 Å². The molecule has 0 aromatic carbocycles. The van der Waals surface area contributed by atoms with Crippen molar-refractivity contribution in [3.8, 4) is 0 Å². The molecule has 2 aliphatic carbocycles. The summed E-state index contributed by atoms with van der Waals surface area (Å²) in [6.45, 7) is 4.55. The van der Waals surface area contributed by atoms with E-state index in [2.05, 4.69) is 29.7 Å². The van der Waals surface area contributed by atoms with Crippen molar-refractivity contribution < 1.29 is 19.5 Å². The van der Waals surface area contributed by atoms with E-state index in [1.54, 1.807) is 6.92 Å². The van der Waals surface area contributed by atoms with Crippen LogP contribution in [0.4, 0.5) is 0 Å². The van der Waals surface area contributed by atoms with Gasteiger partial charge in [0.25, 0.3) is 0 Å². The van der Waals surface area contributed by atoms with Gasteiger partial charge in [0.1, 0.15) is 6.04 Å². The number of unbranched alkanes of at least 4 members (excludes halogenated alkanes) is 3. The zero-order chi connectivity index (χ0) is 21.9. The Hall–Kier alpha value is -1.85. The van der Waals surface area contributed by atoms with Crippen molar-refractivity contribution in [3.05, 3.63) is 12.2 Å². The van der Waals surface area contributed by atoms with Crippen LogP contribution in [-0.4, -0.2) is 35.5 Å². The van der Waals surface area contributed by atoms with Crippen LogP contribution in [0, 0.1) is 23.7 Å². The zero-order valence-corrected chi connectivity index (χ0v) is 18.7. The van der Waals surface area contributed by atoms with E-state index in [-0.39, 0.29) is 18.2 Å². The van der Waals surface area contributed by atoms with Gasteiger partial charge in [0.2, 0.25) is 11.8 Å². The Bertz CT molecular complexity index is 604. The number of nitrogens with one attached hydrogen (secondary N) is 2. The predicted octanol–water partition coefficient (Wildman–Crippen LogP) is 4.05. The monoisotopic (exact) mass is 420 g/mol. The van der Waals surface area contributed by atoms with E-state index >= 15 is 0 Å². The smallest absolute Gasteiger partial charge is 0.303 e. The van der Waals surface area contributed by atoms with E-state index in [9.17, 15) is 14.4 Å². The Labute approximate surface area is 181 Å². The Morgan fingerprint density at radius 1 is 1.03 bits per heavy atom. The largest absolute Gasteiger partial charge is 0.481 e. The molecule has 0 unspecified atom stereocenters. The summed E-state index contributed by atoms with van der Waals surface area (Å²) in [6.07, 6.45) is 14.3. The fraction of sp³-hybridized carbons (Fsp3) is 0.792. The minimum Gasteiger partial charge on any atom is -0.481 e. The van der Waals surface area contributed by atoms with Crippen molar-refractivity contribution in [2.45, 2.75) is 90.5 Å². The van der Waals surface area contributed by atoms with Crippen molar-refractivity contribution in [1.82, 2.24) is 10.6 Å². The summed E-state index contributed by atoms with van der Waals surface area (Å²) >= 11 is 0. The minimum absolute atomic E-state index is 0.0445. The number of rotatable bonds is 14. The van der Waals surface area contributed by atoms with E-state index in [4.69, 9.17) is 5.11 Å². The lowest BCUT2D eigenvalue weighted by Gasteiger charge is -2.31. The molecular weight excluding hydrogens is 380 g/mol. The fourth-order valence-corrected chi connectivity index (χ4v) is 5.24. The third kappa shape index (κ3) is 7.77. The van der Waals surface area contributed by atoms with Gasteiger partial charge in [-0.15, -0.1) is 0 Å². The van der Waals surface area contributed by atoms with Gasteiger partial charge in [-0.2, -0.15) is 0 Å². The number of carbonyl (C=O) groups excluding carboxylic acids is 2. The quantitative estimate of drug-likeness (QED) is 0.292. The van der Waals surface area contributed by atoms with Crippen molar-refractivity contribution >= 4 is 17.8 Å². The third-order valence-corrected chi connectivity index (χ3v) is 6.90. The first kappa shape index (κ1) is 24.4. The molecule has 2 saturated carbocycles. The standard InChI is InChI=1S/C24H40N2O4/c1-3-4-7-11-22(27)26-17(2)24(30)25-16-21-19-14-13-18(15-19)20(21)10-8-5-6-9-12-23(28)29/h5,8,17-21H,3-4,6-7,9-16H2,1-2H3,(H,25,30)(H,26,27)(H,28,29)/b8-5-/t17-,18+,19-,20+,21+/m1/s1. The number of hydrogen-bond donors (Lipinski definition) is 3. The van der Waals surface area contributed by atoms with Crippen molar-refractivity contribution in [2.75, 3.05) is 6.54 Å². The molecule has 0 aliphatic heterocycles. The van der Waals surface area contributed by atoms with E-state index in [0.29, 0.717) is 37.1 Å². The van der Waals surface area contributed by atoms with Gasteiger partial charge in [-0.25, -0.2) is 0 Å². The average molecular weight is 421 g/mol. The van der Waals surface area contributed by atoms with E-state index in [0.717, 1.165) is 38.0 Å². The van der Waals surface area contributed by atoms with E-state index in [1.807, 2.05) is 0 Å². The molecule has 2 bridgehead atoms. The number of aliphatic carboxylic acids is 1. The van der Waals surface area contributed by atoms with Crippen LogP contribution in [0.15, 0.2) is 12.2 Å². The first-order valence-corrected chi connectivity index (χ1v) is 11.9. The number of carbonyl (C=O) groups is 3. The molecule has 2 amide bonds. The van der Waals surface area contributed by atoms with E-state index < -0.39 is 12.0 Å². The van der Waals surface area contributed by atoms with Crippen molar-refractivity contribution in [1.29, 1.82) is 0 Å². The minimum atomic E-state index is -0.737. The molecule has 2 fully saturated rings. The summed E-state index contributed by atoms with van der Waals surface area (Å²) < 4.78 is 0. The average Bonchev–Trinajstić information content (AvgIpc) is 3.30. The maximum absolute atomic E-state index is 12.5. The van der Waals surface area contributed by atoms with Gasteiger partial charge in [-0.3, -0.25) is 14.4 Å². The number of carboxylic acid groups (broad SMARTS) is 1. The van der Waals surface area contributed by atoms with Crippen molar-refractivity contribution in [3.63, 3.8) is 0 Å². The first-order valence-electron chi connectivity index (χ1n) is 11.9. The van der Waals surface area contributed by atoms with Crippen LogP contribution in [0.2, 0.25) is 0 Å². The molecule has 170 valence electrons. The molecule has 0 heterocycles. The highest BCUT2D eigenvalue weighted by molar-refractivity contribution is 5.87. The SMILES string of the molecule is CCCCCC(=O)N[C@H](C)C(=O)NC[C@H]1[C@@H]2CC[C@@H](C2)[C@@H]1C/C=C\CCCC(=O)O. The second kappa shape index (κ2) is 12.8. The number of fused-ring (bicyclic) bond motifs is 2. The predicted molar refractivity (Wildman–Crippen MR) is 118 cm³/mol. The summed E-state index contributed by atoms with van der Waals surface area (Å²) in [5.74, 6) is 1.67. The topological polar surface area (TPSA) is 95.5 Å². The van der Waals surface area contributed by atoms with Gasteiger partial charge in [0.15, 0.2) is 0 Å². The Kier molecular flexibility index (Phi) is 10.4.